The lowest BCUT2D eigenvalue weighted by molar-refractivity contribution is -0.123. The monoisotopic (exact) mass is 373 g/mol. The van der Waals surface area contributed by atoms with Gasteiger partial charge in [-0.25, -0.2) is 0 Å². The molecule has 2 amide bonds. The second-order valence-electron chi connectivity index (χ2n) is 6.29. The fourth-order valence-corrected chi connectivity index (χ4v) is 3.57. The molecule has 2 rings (SSSR count). The van der Waals surface area contributed by atoms with E-state index in [0.717, 1.165) is 19.5 Å². The van der Waals surface area contributed by atoms with Crippen molar-refractivity contribution in [2.75, 3.05) is 26.2 Å². The summed E-state index contributed by atoms with van der Waals surface area (Å²) in [5.41, 5.74) is 1.27. The SMILES string of the molecule is CC(=O)NCCNC(=O)CN(CCc1ccccc1)Cc1ccc(C)s1. The van der Waals surface area contributed by atoms with E-state index in [2.05, 4.69) is 46.7 Å². The number of carbonyl (C=O) groups is 2. The highest BCUT2D eigenvalue weighted by atomic mass is 32.1. The van der Waals surface area contributed by atoms with E-state index >= 15 is 0 Å². The first kappa shape index (κ1) is 20.1. The molecule has 1 aromatic heterocycles. The summed E-state index contributed by atoms with van der Waals surface area (Å²) in [5, 5.41) is 5.54. The second-order valence-corrected chi connectivity index (χ2v) is 7.66. The normalized spacial score (nSPS) is 10.7. The molecular weight excluding hydrogens is 346 g/mol. The van der Waals surface area contributed by atoms with Gasteiger partial charge in [0.1, 0.15) is 0 Å². The molecule has 26 heavy (non-hydrogen) atoms. The van der Waals surface area contributed by atoms with Crippen LogP contribution in [0.2, 0.25) is 0 Å². The Labute approximate surface area is 159 Å². The molecule has 0 atom stereocenters. The number of nitrogens with zero attached hydrogens (tertiary/aromatic N) is 1. The Balaban J connectivity index is 1.86. The average molecular weight is 374 g/mol. The molecule has 0 fully saturated rings. The second kappa shape index (κ2) is 10.7. The highest BCUT2D eigenvalue weighted by Gasteiger charge is 2.12. The van der Waals surface area contributed by atoms with Crippen LogP contribution in [0.4, 0.5) is 0 Å². The Bertz CT molecular complexity index is 700. The average Bonchev–Trinajstić information content (AvgIpc) is 3.02. The molecule has 0 aliphatic heterocycles. The molecule has 0 bridgehead atoms. The Morgan fingerprint density at radius 1 is 1.04 bits per heavy atom. The van der Waals surface area contributed by atoms with Crippen molar-refractivity contribution in [3.05, 3.63) is 57.8 Å². The minimum atomic E-state index is -0.0863. The first-order chi connectivity index (χ1) is 12.5. The van der Waals surface area contributed by atoms with Gasteiger partial charge in [-0.15, -0.1) is 11.3 Å². The predicted molar refractivity (Wildman–Crippen MR) is 106 cm³/mol. The third-order valence-electron chi connectivity index (χ3n) is 3.92. The highest BCUT2D eigenvalue weighted by Crippen LogP contribution is 2.17. The van der Waals surface area contributed by atoms with E-state index in [1.54, 1.807) is 11.3 Å². The summed E-state index contributed by atoms with van der Waals surface area (Å²) >= 11 is 1.77. The molecule has 140 valence electrons. The van der Waals surface area contributed by atoms with Crippen LogP contribution in [0.15, 0.2) is 42.5 Å². The van der Waals surface area contributed by atoms with Crippen molar-refractivity contribution in [3.63, 3.8) is 0 Å². The van der Waals surface area contributed by atoms with Crippen LogP contribution in [0.5, 0.6) is 0 Å². The van der Waals surface area contributed by atoms with Crippen molar-refractivity contribution >= 4 is 23.2 Å². The summed E-state index contributed by atoms with van der Waals surface area (Å²) in [6.07, 6.45) is 0.907. The van der Waals surface area contributed by atoms with Gasteiger partial charge in [-0.3, -0.25) is 14.5 Å². The molecule has 1 aromatic carbocycles. The van der Waals surface area contributed by atoms with Gasteiger partial charge in [-0.1, -0.05) is 30.3 Å². The number of thiophene rings is 1. The first-order valence-electron chi connectivity index (χ1n) is 8.85. The lowest BCUT2D eigenvalue weighted by Crippen LogP contribution is -2.40. The molecule has 0 aliphatic rings. The van der Waals surface area contributed by atoms with Gasteiger partial charge in [0.25, 0.3) is 0 Å². The number of carbonyl (C=O) groups excluding carboxylic acids is 2. The fourth-order valence-electron chi connectivity index (χ4n) is 2.64. The van der Waals surface area contributed by atoms with Crippen molar-refractivity contribution in [2.45, 2.75) is 26.8 Å². The number of aryl methyl sites for hydroxylation is 1. The van der Waals surface area contributed by atoms with E-state index in [-0.39, 0.29) is 11.8 Å². The van der Waals surface area contributed by atoms with Crippen molar-refractivity contribution in [1.82, 2.24) is 15.5 Å². The summed E-state index contributed by atoms with van der Waals surface area (Å²) in [6.45, 7) is 6.40. The quantitative estimate of drug-likeness (QED) is 0.629. The molecule has 0 aliphatic carbocycles. The Morgan fingerprint density at radius 3 is 2.42 bits per heavy atom. The van der Waals surface area contributed by atoms with E-state index in [0.29, 0.717) is 19.6 Å². The molecule has 0 saturated carbocycles. The third-order valence-corrected chi connectivity index (χ3v) is 4.91. The number of nitrogens with one attached hydrogen (secondary N) is 2. The maximum absolute atomic E-state index is 12.2. The zero-order chi connectivity index (χ0) is 18.8. The predicted octanol–water partition coefficient (Wildman–Crippen LogP) is 2.35. The number of hydrogen-bond donors (Lipinski definition) is 2. The molecule has 0 unspecified atom stereocenters. The maximum Gasteiger partial charge on any atom is 0.234 e. The van der Waals surface area contributed by atoms with E-state index in [4.69, 9.17) is 0 Å². The third kappa shape index (κ3) is 7.80. The van der Waals surface area contributed by atoms with Crippen molar-refractivity contribution in [2.24, 2.45) is 0 Å². The van der Waals surface area contributed by atoms with Crippen LogP contribution in [-0.4, -0.2) is 42.9 Å². The standard InChI is InChI=1S/C20H27N3O2S/c1-16-8-9-19(26-16)14-23(13-10-18-6-4-3-5-7-18)15-20(25)22-12-11-21-17(2)24/h3-9H,10-15H2,1-2H3,(H,21,24)(H,22,25). The molecule has 2 N–H and O–H groups in total. The highest BCUT2D eigenvalue weighted by molar-refractivity contribution is 7.11. The van der Waals surface area contributed by atoms with Gasteiger partial charge < -0.3 is 10.6 Å². The number of rotatable bonds is 10. The van der Waals surface area contributed by atoms with E-state index in [1.807, 2.05) is 18.2 Å². The lowest BCUT2D eigenvalue weighted by atomic mass is 10.1. The largest absolute Gasteiger partial charge is 0.355 e. The molecular formula is C20H27N3O2S. The van der Waals surface area contributed by atoms with Gasteiger partial charge >= 0.3 is 0 Å². The maximum atomic E-state index is 12.2. The minimum absolute atomic E-state index is 0.0170. The van der Waals surface area contributed by atoms with Crippen LogP contribution in [0, 0.1) is 6.92 Å². The molecule has 2 aromatic rings. The van der Waals surface area contributed by atoms with Crippen LogP contribution in [0.1, 0.15) is 22.2 Å². The Morgan fingerprint density at radius 2 is 1.77 bits per heavy atom. The van der Waals surface area contributed by atoms with E-state index in [9.17, 15) is 9.59 Å². The van der Waals surface area contributed by atoms with Crippen LogP contribution in [0.25, 0.3) is 0 Å². The first-order valence-corrected chi connectivity index (χ1v) is 9.67. The van der Waals surface area contributed by atoms with Gasteiger partial charge in [-0.05, 0) is 31.0 Å². The Hall–Kier alpha value is -2.18. The molecule has 0 radical (unpaired) electrons. The van der Waals surface area contributed by atoms with Crippen molar-refractivity contribution < 1.29 is 9.59 Å². The molecule has 5 nitrogen and oxygen atoms in total. The van der Waals surface area contributed by atoms with Gasteiger partial charge in [0.2, 0.25) is 11.8 Å². The van der Waals surface area contributed by atoms with Crippen molar-refractivity contribution in [1.29, 1.82) is 0 Å². The topological polar surface area (TPSA) is 61.4 Å². The number of hydrogen-bond acceptors (Lipinski definition) is 4. The number of amides is 2. The molecule has 0 saturated heterocycles. The van der Waals surface area contributed by atoms with Crippen LogP contribution in [-0.2, 0) is 22.6 Å². The molecule has 0 spiro atoms. The van der Waals surface area contributed by atoms with Gasteiger partial charge in [-0.2, -0.15) is 0 Å². The summed E-state index contributed by atoms with van der Waals surface area (Å²) in [5.74, 6) is -0.103. The fraction of sp³-hybridized carbons (Fsp3) is 0.400. The Kier molecular flexibility index (Phi) is 8.31. The van der Waals surface area contributed by atoms with Gasteiger partial charge in [0, 0.05) is 42.9 Å². The minimum Gasteiger partial charge on any atom is -0.355 e. The number of benzene rings is 1. The van der Waals surface area contributed by atoms with Crippen LogP contribution < -0.4 is 10.6 Å². The van der Waals surface area contributed by atoms with Crippen LogP contribution in [0.3, 0.4) is 0 Å². The molecule has 6 heteroatoms. The summed E-state index contributed by atoms with van der Waals surface area (Å²) < 4.78 is 0. The van der Waals surface area contributed by atoms with Gasteiger partial charge in [0.05, 0.1) is 6.54 Å². The summed E-state index contributed by atoms with van der Waals surface area (Å²) in [7, 11) is 0. The smallest absolute Gasteiger partial charge is 0.234 e. The van der Waals surface area contributed by atoms with Crippen molar-refractivity contribution in [3.8, 4) is 0 Å². The lowest BCUT2D eigenvalue weighted by Gasteiger charge is -2.21. The van der Waals surface area contributed by atoms with E-state index in [1.165, 1.54) is 22.2 Å². The summed E-state index contributed by atoms with van der Waals surface area (Å²) in [4.78, 5) is 27.8. The van der Waals surface area contributed by atoms with E-state index < -0.39 is 0 Å². The summed E-state index contributed by atoms with van der Waals surface area (Å²) in [6, 6.07) is 14.6. The zero-order valence-corrected chi connectivity index (χ0v) is 16.3. The molecule has 1 heterocycles. The van der Waals surface area contributed by atoms with Crippen LogP contribution >= 0.6 is 11.3 Å². The zero-order valence-electron chi connectivity index (χ0n) is 15.5. The van der Waals surface area contributed by atoms with Gasteiger partial charge in [0.15, 0.2) is 0 Å².